The Morgan fingerprint density at radius 1 is 1.21 bits per heavy atom. The van der Waals surface area contributed by atoms with E-state index in [1.165, 1.54) is 0 Å². The van der Waals surface area contributed by atoms with Crippen molar-refractivity contribution in [1.82, 2.24) is 15.3 Å². The van der Waals surface area contributed by atoms with E-state index < -0.39 is 0 Å². The largest absolute Gasteiger partial charge is 0.396 e. The topological polar surface area (TPSA) is 84.3 Å². The van der Waals surface area contributed by atoms with Gasteiger partial charge in [-0.3, -0.25) is 4.79 Å². The second-order valence-corrected chi connectivity index (χ2v) is 8.20. The third-order valence-corrected chi connectivity index (χ3v) is 6.26. The van der Waals surface area contributed by atoms with E-state index in [0.717, 1.165) is 40.1 Å². The molecule has 1 aromatic carbocycles. The maximum atomic E-state index is 12.6. The molecule has 3 heterocycles. The molecular weight excluding hydrogens is 374 g/mol. The monoisotopic (exact) mass is 397 g/mol. The minimum Gasteiger partial charge on any atom is -0.396 e. The van der Waals surface area contributed by atoms with Crippen molar-refractivity contribution >= 4 is 27.5 Å². The van der Waals surface area contributed by atoms with E-state index in [9.17, 15) is 9.90 Å². The number of aromatic nitrogens is 2. The molecule has 4 rings (SSSR count). The lowest BCUT2D eigenvalue weighted by Crippen LogP contribution is -2.43. The second-order valence-electron chi connectivity index (χ2n) is 7.28. The van der Waals surface area contributed by atoms with Gasteiger partial charge >= 0.3 is 0 Å². The Hall–Kier alpha value is -2.35. The SMILES string of the molecule is Cc1nc(-c2ccc(C(=O)NCC3(CO)CCOCC3)cc2)c2sccc2n1. The molecule has 146 valence electrons. The average molecular weight is 398 g/mol. The predicted octanol–water partition coefficient (Wildman–Crippen LogP) is 3.19. The Labute approximate surface area is 167 Å². The van der Waals surface area contributed by atoms with Crippen molar-refractivity contribution in [3.63, 3.8) is 0 Å². The van der Waals surface area contributed by atoms with Crippen LogP contribution >= 0.6 is 11.3 Å². The highest BCUT2D eigenvalue weighted by atomic mass is 32.1. The second kappa shape index (κ2) is 7.95. The molecule has 0 atom stereocenters. The maximum Gasteiger partial charge on any atom is 0.251 e. The zero-order valence-corrected chi connectivity index (χ0v) is 16.6. The number of aliphatic hydroxyl groups excluding tert-OH is 1. The summed E-state index contributed by atoms with van der Waals surface area (Å²) in [6.07, 6.45) is 1.51. The number of carbonyl (C=O) groups excluding carboxylic acids is 1. The van der Waals surface area contributed by atoms with E-state index in [2.05, 4.69) is 15.3 Å². The van der Waals surface area contributed by atoms with Gasteiger partial charge in [0.1, 0.15) is 5.82 Å². The third kappa shape index (κ3) is 3.78. The van der Waals surface area contributed by atoms with Crippen molar-refractivity contribution in [3.05, 3.63) is 47.1 Å². The highest BCUT2D eigenvalue weighted by molar-refractivity contribution is 7.17. The van der Waals surface area contributed by atoms with Crippen molar-refractivity contribution in [2.75, 3.05) is 26.4 Å². The van der Waals surface area contributed by atoms with E-state index >= 15 is 0 Å². The van der Waals surface area contributed by atoms with Crippen molar-refractivity contribution in [2.45, 2.75) is 19.8 Å². The van der Waals surface area contributed by atoms with Crippen molar-refractivity contribution in [1.29, 1.82) is 0 Å². The van der Waals surface area contributed by atoms with Gasteiger partial charge < -0.3 is 15.2 Å². The van der Waals surface area contributed by atoms with Gasteiger partial charge in [-0.15, -0.1) is 11.3 Å². The number of thiophene rings is 1. The van der Waals surface area contributed by atoms with E-state index in [1.54, 1.807) is 11.3 Å². The van der Waals surface area contributed by atoms with Crippen LogP contribution in [0.25, 0.3) is 21.5 Å². The van der Waals surface area contributed by atoms with Gasteiger partial charge in [-0.1, -0.05) is 12.1 Å². The maximum absolute atomic E-state index is 12.6. The quantitative estimate of drug-likeness (QED) is 0.691. The molecule has 0 aliphatic carbocycles. The van der Waals surface area contributed by atoms with Crippen LogP contribution in [0.15, 0.2) is 35.7 Å². The molecule has 1 aliphatic rings. The molecule has 3 aromatic rings. The molecule has 1 fully saturated rings. The Morgan fingerprint density at radius 2 is 1.96 bits per heavy atom. The molecule has 0 spiro atoms. The van der Waals surface area contributed by atoms with Crippen molar-refractivity contribution in [3.8, 4) is 11.3 Å². The molecule has 1 aliphatic heterocycles. The minimum atomic E-state index is -0.281. The summed E-state index contributed by atoms with van der Waals surface area (Å²) in [5.74, 6) is 0.597. The summed E-state index contributed by atoms with van der Waals surface area (Å²) in [5, 5.41) is 14.7. The zero-order chi connectivity index (χ0) is 19.6. The van der Waals surface area contributed by atoms with E-state index in [0.29, 0.717) is 25.3 Å². The Bertz CT molecular complexity index is 978. The standard InChI is InChI=1S/C21H23N3O3S/c1-14-23-17-6-11-28-19(17)18(24-14)15-2-4-16(5-3-15)20(26)22-12-21(13-25)7-9-27-10-8-21/h2-6,11,25H,7-10,12-13H2,1H3,(H,22,26). The Kier molecular flexibility index (Phi) is 5.39. The first kappa shape index (κ1) is 19.0. The number of hydrogen-bond donors (Lipinski definition) is 2. The number of aliphatic hydroxyl groups is 1. The van der Waals surface area contributed by atoms with Crippen LogP contribution in [0.3, 0.4) is 0 Å². The number of nitrogens with one attached hydrogen (secondary N) is 1. The highest BCUT2D eigenvalue weighted by Gasteiger charge is 2.32. The molecular formula is C21H23N3O3S. The molecule has 0 saturated carbocycles. The van der Waals surface area contributed by atoms with E-state index in [-0.39, 0.29) is 17.9 Å². The summed E-state index contributed by atoms with van der Waals surface area (Å²) in [6.45, 7) is 3.64. The summed E-state index contributed by atoms with van der Waals surface area (Å²) < 4.78 is 6.42. The van der Waals surface area contributed by atoms with Gasteiger partial charge in [0.15, 0.2) is 0 Å². The molecule has 28 heavy (non-hydrogen) atoms. The lowest BCUT2D eigenvalue weighted by Gasteiger charge is -2.35. The molecule has 7 heteroatoms. The molecule has 1 saturated heterocycles. The average Bonchev–Trinajstić information content (AvgIpc) is 3.20. The normalized spacial score (nSPS) is 16.2. The summed E-state index contributed by atoms with van der Waals surface area (Å²) in [6, 6.07) is 9.47. The molecule has 0 radical (unpaired) electrons. The van der Waals surface area contributed by atoms with Gasteiger partial charge in [0.2, 0.25) is 0 Å². The van der Waals surface area contributed by atoms with Crippen LogP contribution in [0.5, 0.6) is 0 Å². The minimum absolute atomic E-state index is 0.0550. The van der Waals surface area contributed by atoms with Gasteiger partial charge in [0.05, 0.1) is 22.5 Å². The molecule has 0 unspecified atom stereocenters. The summed E-state index contributed by atoms with van der Waals surface area (Å²) in [5.41, 5.74) is 3.12. The van der Waals surface area contributed by atoms with Crippen molar-refractivity contribution < 1.29 is 14.6 Å². The summed E-state index contributed by atoms with van der Waals surface area (Å²) >= 11 is 1.62. The Balaban J connectivity index is 1.49. The summed E-state index contributed by atoms with van der Waals surface area (Å²) in [7, 11) is 0. The summed E-state index contributed by atoms with van der Waals surface area (Å²) in [4.78, 5) is 21.6. The molecule has 1 amide bonds. The smallest absolute Gasteiger partial charge is 0.251 e. The highest BCUT2D eigenvalue weighted by Crippen LogP contribution is 2.31. The number of ether oxygens (including phenoxy) is 1. The van der Waals surface area contributed by atoms with Crippen LogP contribution in [0.4, 0.5) is 0 Å². The Morgan fingerprint density at radius 3 is 2.68 bits per heavy atom. The van der Waals surface area contributed by atoms with Gasteiger partial charge in [0.25, 0.3) is 5.91 Å². The van der Waals surface area contributed by atoms with Crippen molar-refractivity contribution in [2.24, 2.45) is 5.41 Å². The first-order valence-corrected chi connectivity index (χ1v) is 10.3. The van der Waals surface area contributed by atoms with Crippen LogP contribution in [0.2, 0.25) is 0 Å². The van der Waals surface area contributed by atoms with Crippen LogP contribution in [-0.4, -0.2) is 47.3 Å². The number of fused-ring (bicyclic) bond motifs is 1. The van der Waals surface area contributed by atoms with E-state index in [4.69, 9.17) is 4.74 Å². The molecule has 6 nitrogen and oxygen atoms in total. The number of nitrogens with zero attached hydrogens (tertiary/aromatic N) is 2. The van der Waals surface area contributed by atoms with Crippen LogP contribution in [-0.2, 0) is 4.74 Å². The number of carbonyl (C=O) groups is 1. The fourth-order valence-electron chi connectivity index (χ4n) is 3.52. The fraction of sp³-hybridized carbons (Fsp3) is 0.381. The van der Waals surface area contributed by atoms with E-state index in [1.807, 2.05) is 42.6 Å². The molecule has 0 bridgehead atoms. The number of benzene rings is 1. The number of aryl methyl sites for hydroxylation is 1. The first-order valence-electron chi connectivity index (χ1n) is 9.39. The first-order chi connectivity index (χ1) is 13.6. The van der Waals surface area contributed by atoms with Crippen LogP contribution < -0.4 is 5.32 Å². The molecule has 2 aromatic heterocycles. The number of amides is 1. The zero-order valence-electron chi connectivity index (χ0n) is 15.8. The van der Waals surface area contributed by atoms with Gasteiger partial charge in [-0.25, -0.2) is 9.97 Å². The molecule has 2 N–H and O–H groups in total. The number of hydrogen-bond acceptors (Lipinski definition) is 6. The lowest BCUT2D eigenvalue weighted by molar-refractivity contribution is -0.0146. The van der Waals surface area contributed by atoms with Crippen LogP contribution in [0, 0.1) is 12.3 Å². The number of rotatable bonds is 5. The van der Waals surface area contributed by atoms with Gasteiger partial charge in [-0.05, 0) is 43.3 Å². The van der Waals surface area contributed by atoms with Crippen LogP contribution in [0.1, 0.15) is 29.0 Å². The van der Waals surface area contributed by atoms with Gasteiger partial charge in [-0.2, -0.15) is 0 Å². The fourth-order valence-corrected chi connectivity index (χ4v) is 4.36. The van der Waals surface area contributed by atoms with Gasteiger partial charge in [0, 0.05) is 36.3 Å². The third-order valence-electron chi connectivity index (χ3n) is 5.35. The predicted molar refractivity (Wildman–Crippen MR) is 109 cm³/mol. The lowest BCUT2D eigenvalue weighted by atomic mass is 9.81.